The van der Waals surface area contributed by atoms with Gasteiger partial charge in [-0.2, -0.15) is 0 Å². The summed E-state index contributed by atoms with van der Waals surface area (Å²) in [5, 5.41) is 0. The highest BCUT2D eigenvalue weighted by atomic mass is 16.2. The number of hydrogen-bond donors (Lipinski definition) is 1. The largest absolute Gasteiger partial charge is 0.330 e. The number of para-hydroxylation sites is 1. The number of amides is 1. The van der Waals surface area contributed by atoms with Crippen molar-refractivity contribution in [1.29, 1.82) is 0 Å². The average molecular weight is 268 g/mol. The van der Waals surface area contributed by atoms with Crippen LogP contribution in [0.15, 0.2) is 54.6 Å². The summed E-state index contributed by atoms with van der Waals surface area (Å²) in [6.07, 6.45) is 0.790. The molecule has 0 saturated heterocycles. The Morgan fingerprint density at radius 2 is 1.85 bits per heavy atom. The van der Waals surface area contributed by atoms with Gasteiger partial charge in [0.25, 0.3) is 5.91 Å². The first-order valence-electron chi connectivity index (χ1n) is 6.92. The van der Waals surface area contributed by atoms with E-state index in [0.29, 0.717) is 18.7 Å². The quantitative estimate of drug-likeness (QED) is 0.906. The molecule has 0 bridgehead atoms. The molecule has 0 heterocycles. The fraction of sp³-hybridized carbons (Fsp3) is 0.235. The average Bonchev–Trinajstić information content (AvgIpc) is 2.50. The summed E-state index contributed by atoms with van der Waals surface area (Å²) in [5.41, 5.74) is 8.30. The first-order valence-corrected chi connectivity index (χ1v) is 6.92. The van der Waals surface area contributed by atoms with Gasteiger partial charge in [-0.3, -0.25) is 4.79 Å². The molecule has 3 heteroatoms. The summed E-state index contributed by atoms with van der Waals surface area (Å²) in [4.78, 5) is 14.4. The van der Waals surface area contributed by atoms with E-state index in [1.54, 1.807) is 4.90 Å². The minimum Gasteiger partial charge on any atom is -0.330 e. The molecule has 0 aromatic heterocycles. The van der Waals surface area contributed by atoms with Crippen LogP contribution < -0.4 is 10.6 Å². The minimum absolute atomic E-state index is 0.0255. The van der Waals surface area contributed by atoms with Crippen LogP contribution in [-0.4, -0.2) is 19.0 Å². The number of rotatable bonds is 5. The third-order valence-corrected chi connectivity index (χ3v) is 3.24. The van der Waals surface area contributed by atoms with Crippen LogP contribution in [0.2, 0.25) is 0 Å². The lowest BCUT2D eigenvalue weighted by Gasteiger charge is -2.21. The molecule has 2 N–H and O–H groups in total. The second-order valence-electron chi connectivity index (χ2n) is 4.62. The van der Waals surface area contributed by atoms with E-state index >= 15 is 0 Å². The van der Waals surface area contributed by atoms with Crippen molar-refractivity contribution in [1.82, 2.24) is 0 Å². The van der Waals surface area contributed by atoms with E-state index < -0.39 is 0 Å². The molecule has 1 amide bonds. The molecule has 104 valence electrons. The van der Waals surface area contributed by atoms with Crippen LogP contribution in [0.3, 0.4) is 0 Å². The van der Waals surface area contributed by atoms with Crippen LogP contribution >= 0.6 is 0 Å². The van der Waals surface area contributed by atoms with E-state index in [4.69, 9.17) is 5.73 Å². The number of benzene rings is 2. The Balaban J connectivity index is 2.27. The molecule has 2 rings (SSSR count). The van der Waals surface area contributed by atoms with Crippen LogP contribution in [0.1, 0.15) is 22.8 Å². The van der Waals surface area contributed by atoms with Crippen LogP contribution in [0.25, 0.3) is 0 Å². The fourth-order valence-electron chi connectivity index (χ4n) is 2.23. The lowest BCUT2D eigenvalue weighted by Crippen LogP contribution is -2.30. The first kappa shape index (κ1) is 14.3. The SMILES string of the molecule is CCN(C(=O)c1cccc(CCN)c1)c1ccccc1. The molecule has 0 fully saturated rings. The molecular formula is C17H20N2O. The Hall–Kier alpha value is -2.13. The summed E-state index contributed by atoms with van der Waals surface area (Å²) < 4.78 is 0. The number of hydrogen-bond acceptors (Lipinski definition) is 2. The number of carbonyl (C=O) groups is 1. The highest BCUT2D eigenvalue weighted by Crippen LogP contribution is 2.17. The predicted octanol–water partition coefficient (Wildman–Crippen LogP) is 2.85. The zero-order chi connectivity index (χ0) is 14.4. The molecule has 0 saturated carbocycles. The lowest BCUT2D eigenvalue weighted by molar-refractivity contribution is 0.0988. The molecule has 0 spiro atoms. The van der Waals surface area contributed by atoms with Gasteiger partial charge in [-0.15, -0.1) is 0 Å². The van der Waals surface area contributed by atoms with Gasteiger partial charge in [0.2, 0.25) is 0 Å². The molecule has 2 aromatic rings. The maximum Gasteiger partial charge on any atom is 0.258 e. The second-order valence-corrected chi connectivity index (χ2v) is 4.62. The Morgan fingerprint density at radius 3 is 2.50 bits per heavy atom. The maximum atomic E-state index is 12.6. The van der Waals surface area contributed by atoms with Crippen molar-refractivity contribution >= 4 is 11.6 Å². The van der Waals surface area contributed by atoms with Crippen LogP contribution in [0.5, 0.6) is 0 Å². The number of nitrogens with two attached hydrogens (primary N) is 1. The molecule has 0 aliphatic carbocycles. The van der Waals surface area contributed by atoms with Crippen molar-refractivity contribution in [3.63, 3.8) is 0 Å². The summed E-state index contributed by atoms with van der Waals surface area (Å²) in [5.74, 6) is 0.0255. The van der Waals surface area contributed by atoms with Crippen molar-refractivity contribution in [3.05, 3.63) is 65.7 Å². The van der Waals surface area contributed by atoms with Gasteiger partial charge >= 0.3 is 0 Å². The molecule has 0 radical (unpaired) electrons. The van der Waals surface area contributed by atoms with Crippen molar-refractivity contribution in [2.75, 3.05) is 18.0 Å². The Morgan fingerprint density at radius 1 is 1.10 bits per heavy atom. The normalized spacial score (nSPS) is 10.3. The van der Waals surface area contributed by atoms with E-state index in [0.717, 1.165) is 17.7 Å². The van der Waals surface area contributed by atoms with Crippen LogP contribution in [0.4, 0.5) is 5.69 Å². The van der Waals surface area contributed by atoms with Gasteiger partial charge in [0.15, 0.2) is 0 Å². The van der Waals surface area contributed by atoms with Gasteiger partial charge in [-0.1, -0.05) is 30.3 Å². The van der Waals surface area contributed by atoms with Crippen molar-refractivity contribution in [2.24, 2.45) is 5.73 Å². The molecule has 20 heavy (non-hydrogen) atoms. The second kappa shape index (κ2) is 6.87. The third-order valence-electron chi connectivity index (χ3n) is 3.24. The van der Waals surface area contributed by atoms with E-state index in [2.05, 4.69) is 0 Å². The first-order chi connectivity index (χ1) is 9.76. The summed E-state index contributed by atoms with van der Waals surface area (Å²) in [6.45, 7) is 3.21. The van der Waals surface area contributed by atoms with Gasteiger partial charge < -0.3 is 10.6 Å². The van der Waals surface area contributed by atoms with Gasteiger partial charge in [0, 0.05) is 17.8 Å². The molecule has 0 aliphatic heterocycles. The number of anilines is 1. The van der Waals surface area contributed by atoms with Gasteiger partial charge in [-0.25, -0.2) is 0 Å². The maximum absolute atomic E-state index is 12.6. The molecule has 0 unspecified atom stereocenters. The minimum atomic E-state index is 0.0255. The van der Waals surface area contributed by atoms with E-state index in [9.17, 15) is 4.79 Å². The molecular weight excluding hydrogens is 248 g/mol. The zero-order valence-corrected chi connectivity index (χ0v) is 11.8. The Bertz CT molecular complexity index is 566. The molecule has 0 aliphatic rings. The Labute approximate surface area is 120 Å². The molecule has 0 atom stereocenters. The number of carbonyl (C=O) groups excluding carboxylic acids is 1. The lowest BCUT2D eigenvalue weighted by atomic mass is 10.1. The van der Waals surface area contributed by atoms with Crippen molar-refractivity contribution in [3.8, 4) is 0 Å². The topological polar surface area (TPSA) is 46.3 Å². The zero-order valence-electron chi connectivity index (χ0n) is 11.8. The highest BCUT2D eigenvalue weighted by molar-refractivity contribution is 6.06. The van der Waals surface area contributed by atoms with Crippen molar-refractivity contribution < 1.29 is 4.79 Å². The third kappa shape index (κ3) is 3.25. The molecule has 3 nitrogen and oxygen atoms in total. The van der Waals surface area contributed by atoms with Crippen LogP contribution in [-0.2, 0) is 6.42 Å². The smallest absolute Gasteiger partial charge is 0.258 e. The Kier molecular flexibility index (Phi) is 4.91. The predicted molar refractivity (Wildman–Crippen MR) is 83.0 cm³/mol. The molecule has 2 aromatic carbocycles. The summed E-state index contributed by atoms with van der Waals surface area (Å²) in [6, 6.07) is 17.4. The number of nitrogens with zero attached hydrogens (tertiary/aromatic N) is 1. The van der Waals surface area contributed by atoms with Crippen molar-refractivity contribution in [2.45, 2.75) is 13.3 Å². The fourth-order valence-corrected chi connectivity index (χ4v) is 2.23. The van der Waals surface area contributed by atoms with E-state index in [1.165, 1.54) is 0 Å². The summed E-state index contributed by atoms with van der Waals surface area (Å²) >= 11 is 0. The summed E-state index contributed by atoms with van der Waals surface area (Å²) in [7, 11) is 0. The van der Waals surface area contributed by atoms with Crippen LogP contribution in [0, 0.1) is 0 Å². The van der Waals surface area contributed by atoms with Gasteiger partial charge in [0.1, 0.15) is 0 Å². The standard InChI is InChI=1S/C17H20N2O/c1-2-19(16-9-4-3-5-10-16)17(20)15-8-6-7-14(13-15)11-12-18/h3-10,13H,2,11-12,18H2,1H3. The van der Waals surface area contributed by atoms with E-state index in [1.807, 2.05) is 61.5 Å². The van der Waals surface area contributed by atoms with E-state index in [-0.39, 0.29) is 5.91 Å². The highest BCUT2D eigenvalue weighted by Gasteiger charge is 2.15. The van der Waals surface area contributed by atoms with Gasteiger partial charge in [-0.05, 0) is 49.7 Å². The van der Waals surface area contributed by atoms with Gasteiger partial charge in [0.05, 0.1) is 0 Å². The monoisotopic (exact) mass is 268 g/mol.